The molecule has 2 amide bonds. The van der Waals surface area contributed by atoms with Gasteiger partial charge in [0.25, 0.3) is 0 Å². The van der Waals surface area contributed by atoms with E-state index in [1.807, 2.05) is 5.38 Å². The predicted octanol–water partition coefficient (Wildman–Crippen LogP) is 5.46. The fourth-order valence-electron chi connectivity index (χ4n) is 3.19. The van der Waals surface area contributed by atoms with Crippen LogP contribution in [0.2, 0.25) is 0 Å². The second-order valence-corrected chi connectivity index (χ2v) is 7.26. The van der Waals surface area contributed by atoms with E-state index in [9.17, 15) is 13.6 Å². The summed E-state index contributed by atoms with van der Waals surface area (Å²) in [5, 5.41) is 5.60. The molecule has 1 N–H and O–H groups in total. The Morgan fingerprint density at radius 3 is 2.44 bits per heavy atom. The third-order valence-corrected chi connectivity index (χ3v) is 5.50. The first-order valence-corrected chi connectivity index (χ1v) is 9.53. The number of rotatable bonds is 3. The van der Waals surface area contributed by atoms with Gasteiger partial charge in [-0.3, -0.25) is 0 Å². The maximum atomic E-state index is 13.1. The largest absolute Gasteiger partial charge is 0.322 e. The van der Waals surface area contributed by atoms with Crippen molar-refractivity contribution in [3.63, 3.8) is 0 Å². The third-order valence-electron chi connectivity index (χ3n) is 4.56. The van der Waals surface area contributed by atoms with Crippen LogP contribution >= 0.6 is 11.3 Å². The average Bonchev–Trinajstić information content (AvgIpc) is 3.33. The fourth-order valence-corrected chi connectivity index (χ4v) is 4.16. The van der Waals surface area contributed by atoms with E-state index in [-0.39, 0.29) is 23.7 Å². The molecule has 2 heterocycles. The molecule has 4 rings (SSSR count). The maximum Gasteiger partial charge on any atom is 0.322 e. The van der Waals surface area contributed by atoms with Gasteiger partial charge in [-0.15, -0.1) is 11.3 Å². The molecule has 0 aliphatic carbocycles. The average molecular weight is 385 g/mol. The van der Waals surface area contributed by atoms with Gasteiger partial charge in [0.2, 0.25) is 0 Å². The van der Waals surface area contributed by atoms with Crippen LogP contribution in [0.4, 0.5) is 19.3 Å². The van der Waals surface area contributed by atoms with Crippen LogP contribution in [0.1, 0.15) is 23.9 Å². The van der Waals surface area contributed by atoms with Crippen LogP contribution in [-0.4, -0.2) is 22.5 Å². The van der Waals surface area contributed by atoms with Gasteiger partial charge in [-0.05, 0) is 61.4 Å². The molecular formula is C20H17F2N3OS. The molecule has 1 aromatic heterocycles. The Bertz CT molecular complexity index is 941. The van der Waals surface area contributed by atoms with Crippen LogP contribution in [0, 0.1) is 11.6 Å². The summed E-state index contributed by atoms with van der Waals surface area (Å²) in [7, 11) is 0. The van der Waals surface area contributed by atoms with Gasteiger partial charge in [0.15, 0.2) is 0 Å². The number of amides is 2. The highest BCUT2D eigenvalue weighted by Gasteiger charge is 2.32. The molecule has 0 unspecified atom stereocenters. The molecule has 0 radical (unpaired) electrons. The molecule has 0 saturated carbocycles. The number of carbonyl (C=O) groups excluding carboxylic acids is 1. The van der Waals surface area contributed by atoms with Crippen molar-refractivity contribution in [2.24, 2.45) is 0 Å². The standard InChI is InChI=1S/C20H17F2N3OS/c21-14-5-3-13(4-6-14)17-12-27-19(24-17)18-2-1-11-25(18)20(26)23-16-9-7-15(22)8-10-16/h3-10,12,18H,1-2,11H2,(H,23,26)/t18-/m0/s1. The maximum absolute atomic E-state index is 13.1. The van der Waals surface area contributed by atoms with E-state index in [0.29, 0.717) is 12.2 Å². The number of nitrogens with zero attached hydrogens (tertiary/aromatic N) is 2. The molecule has 0 spiro atoms. The molecule has 1 saturated heterocycles. The molecule has 0 bridgehead atoms. The summed E-state index contributed by atoms with van der Waals surface area (Å²) in [5.41, 5.74) is 2.18. The lowest BCUT2D eigenvalue weighted by Crippen LogP contribution is -2.34. The number of halogens is 2. The number of benzene rings is 2. The number of urea groups is 1. The van der Waals surface area contributed by atoms with Crippen molar-refractivity contribution in [2.75, 3.05) is 11.9 Å². The molecule has 138 valence electrons. The van der Waals surface area contributed by atoms with E-state index in [2.05, 4.69) is 10.3 Å². The zero-order valence-electron chi connectivity index (χ0n) is 14.4. The highest BCUT2D eigenvalue weighted by atomic mass is 32.1. The van der Waals surface area contributed by atoms with Gasteiger partial charge in [-0.2, -0.15) is 0 Å². The van der Waals surface area contributed by atoms with E-state index >= 15 is 0 Å². The summed E-state index contributed by atoms with van der Waals surface area (Å²) in [4.78, 5) is 19.1. The summed E-state index contributed by atoms with van der Waals surface area (Å²) in [6.45, 7) is 0.642. The summed E-state index contributed by atoms with van der Waals surface area (Å²) < 4.78 is 26.1. The number of hydrogen-bond acceptors (Lipinski definition) is 3. The molecule has 1 atom stereocenters. The number of carbonyl (C=O) groups is 1. The van der Waals surface area contributed by atoms with E-state index in [4.69, 9.17) is 0 Å². The first-order chi connectivity index (χ1) is 13.1. The lowest BCUT2D eigenvalue weighted by molar-refractivity contribution is 0.207. The Morgan fingerprint density at radius 2 is 1.74 bits per heavy atom. The summed E-state index contributed by atoms with van der Waals surface area (Å²) in [6, 6.07) is 11.6. The number of anilines is 1. The SMILES string of the molecule is O=C(Nc1ccc(F)cc1)N1CCC[C@H]1c1nc(-c2ccc(F)cc2)cs1. The molecular weight excluding hydrogens is 368 g/mol. The second kappa shape index (κ2) is 7.44. The molecule has 4 nitrogen and oxygen atoms in total. The summed E-state index contributed by atoms with van der Waals surface area (Å²) >= 11 is 1.50. The van der Waals surface area contributed by atoms with Crippen molar-refractivity contribution in [1.29, 1.82) is 0 Å². The summed E-state index contributed by atoms with van der Waals surface area (Å²) in [5.74, 6) is -0.628. The third kappa shape index (κ3) is 3.83. The van der Waals surface area contributed by atoms with Crippen LogP contribution in [0.5, 0.6) is 0 Å². The lowest BCUT2D eigenvalue weighted by atomic mass is 10.2. The smallest absolute Gasteiger partial charge is 0.315 e. The van der Waals surface area contributed by atoms with Gasteiger partial charge in [-0.1, -0.05) is 0 Å². The predicted molar refractivity (Wildman–Crippen MR) is 102 cm³/mol. The number of hydrogen-bond donors (Lipinski definition) is 1. The van der Waals surface area contributed by atoms with Crippen LogP contribution in [0.15, 0.2) is 53.9 Å². The van der Waals surface area contributed by atoms with Crippen molar-refractivity contribution < 1.29 is 13.6 Å². The first-order valence-electron chi connectivity index (χ1n) is 8.65. The van der Waals surface area contributed by atoms with Crippen molar-refractivity contribution in [3.8, 4) is 11.3 Å². The van der Waals surface area contributed by atoms with Crippen LogP contribution in [-0.2, 0) is 0 Å². The quantitative estimate of drug-likeness (QED) is 0.651. The molecule has 1 aliphatic rings. The normalized spacial score (nSPS) is 16.5. The van der Waals surface area contributed by atoms with E-state index in [1.54, 1.807) is 17.0 Å². The number of thiazole rings is 1. The zero-order valence-corrected chi connectivity index (χ0v) is 15.2. The fraction of sp³-hybridized carbons (Fsp3) is 0.200. The number of nitrogens with one attached hydrogen (secondary N) is 1. The Morgan fingerprint density at radius 1 is 1.07 bits per heavy atom. The molecule has 27 heavy (non-hydrogen) atoms. The Labute approximate surface area is 159 Å². The zero-order chi connectivity index (χ0) is 18.8. The van der Waals surface area contributed by atoms with Gasteiger partial charge in [0.1, 0.15) is 16.6 Å². The van der Waals surface area contributed by atoms with Crippen LogP contribution in [0.3, 0.4) is 0 Å². The van der Waals surface area contributed by atoms with Crippen LogP contribution < -0.4 is 5.32 Å². The molecule has 7 heteroatoms. The van der Waals surface area contributed by atoms with Crippen molar-refractivity contribution in [3.05, 3.63) is 70.6 Å². The highest BCUT2D eigenvalue weighted by Crippen LogP contribution is 2.36. The van der Waals surface area contributed by atoms with Gasteiger partial charge < -0.3 is 10.2 Å². The Hall–Kier alpha value is -2.80. The van der Waals surface area contributed by atoms with Gasteiger partial charge in [0, 0.05) is 23.2 Å². The molecule has 1 fully saturated rings. The molecule has 1 aliphatic heterocycles. The molecule has 2 aromatic carbocycles. The monoisotopic (exact) mass is 385 g/mol. The minimum Gasteiger partial charge on any atom is -0.315 e. The van der Waals surface area contributed by atoms with E-state index < -0.39 is 0 Å². The van der Waals surface area contributed by atoms with Crippen molar-refractivity contribution >= 4 is 23.1 Å². The van der Waals surface area contributed by atoms with Gasteiger partial charge in [-0.25, -0.2) is 18.6 Å². The van der Waals surface area contributed by atoms with Gasteiger partial charge in [0.05, 0.1) is 11.7 Å². The minimum absolute atomic E-state index is 0.0929. The molecule has 3 aromatic rings. The van der Waals surface area contributed by atoms with E-state index in [0.717, 1.165) is 29.1 Å². The van der Waals surface area contributed by atoms with E-state index in [1.165, 1.54) is 47.7 Å². The van der Waals surface area contributed by atoms with Crippen molar-refractivity contribution in [2.45, 2.75) is 18.9 Å². The van der Waals surface area contributed by atoms with Gasteiger partial charge >= 0.3 is 6.03 Å². The Kier molecular flexibility index (Phi) is 4.85. The topological polar surface area (TPSA) is 45.2 Å². The highest BCUT2D eigenvalue weighted by molar-refractivity contribution is 7.10. The summed E-state index contributed by atoms with van der Waals surface area (Å²) in [6.07, 6.45) is 1.74. The number of aromatic nitrogens is 1. The Balaban J connectivity index is 1.50. The lowest BCUT2D eigenvalue weighted by Gasteiger charge is -2.23. The first kappa shape index (κ1) is 17.6. The number of likely N-dealkylation sites (tertiary alicyclic amines) is 1. The van der Waals surface area contributed by atoms with Crippen LogP contribution in [0.25, 0.3) is 11.3 Å². The minimum atomic E-state index is -0.344. The van der Waals surface area contributed by atoms with Crippen molar-refractivity contribution in [1.82, 2.24) is 9.88 Å². The second-order valence-electron chi connectivity index (χ2n) is 6.37.